The van der Waals surface area contributed by atoms with Gasteiger partial charge in [0, 0.05) is 12.6 Å². The predicted molar refractivity (Wildman–Crippen MR) is 99.5 cm³/mol. The number of allylic oxidation sites excluding steroid dienone is 1. The van der Waals surface area contributed by atoms with Gasteiger partial charge in [0.2, 0.25) is 0 Å². The lowest BCUT2D eigenvalue weighted by Crippen LogP contribution is -2.41. The van der Waals surface area contributed by atoms with E-state index in [2.05, 4.69) is 4.98 Å². The van der Waals surface area contributed by atoms with Crippen molar-refractivity contribution < 1.29 is 18.3 Å². The third-order valence-corrected chi connectivity index (χ3v) is 4.82. The molecule has 1 aliphatic heterocycles. The first-order valence-corrected chi connectivity index (χ1v) is 8.88. The van der Waals surface area contributed by atoms with Crippen LogP contribution in [0.4, 0.5) is 8.78 Å². The molecule has 0 bridgehead atoms. The highest BCUT2D eigenvalue weighted by Crippen LogP contribution is 2.17. The van der Waals surface area contributed by atoms with E-state index >= 15 is 0 Å². The zero-order valence-corrected chi connectivity index (χ0v) is 15.5. The molecule has 0 spiro atoms. The van der Waals surface area contributed by atoms with Crippen LogP contribution in [-0.4, -0.2) is 46.0 Å². The van der Waals surface area contributed by atoms with Crippen LogP contribution in [-0.2, 0) is 11.8 Å². The highest BCUT2D eigenvalue weighted by atomic mass is 32.1. The summed E-state index contributed by atoms with van der Waals surface area (Å²) in [6.45, 7) is -0.620. The highest BCUT2D eigenvalue weighted by molar-refractivity contribution is 7.71. The van der Waals surface area contributed by atoms with Gasteiger partial charge >= 0.3 is 0 Å². The Morgan fingerprint density at radius 3 is 2.93 bits per heavy atom. The van der Waals surface area contributed by atoms with Crippen molar-refractivity contribution in [2.24, 2.45) is 7.05 Å². The molecule has 1 aromatic heterocycles. The molecule has 1 atom stereocenters. The lowest BCUT2D eigenvalue weighted by molar-refractivity contribution is 0.0322. The monoisotopic (exact) mass is 395 g/mol. The van der Waals surface area contributed by atoms with Crippen molar-refractivity contribution in [1.82, 2.24) is 14.5 Å². The van der Waals surface area contributed by atoms with Crippen LogP contribution in [0, 0.1) is 4.77 Å². The molecule has 3 rings (SSSR count). The molecular formula is C18H19F2N3O3S. The summed E-state index contributed by atoms with van der Waals surface area (Å²) in [6.07, 6.45) is 1.83. The van der Waals surface area contributed by atoms with Gasteiger partial charge in [0.1, 0.15) is 6.10 Å². The van der Waals surface area contributed by atoms with Gasteiger partial charge in [-0.25, -0.2) is 8.78 Å². The van der Waals surface area contributed by atoms with Gasteiger partial charge in [-0.15, -0.1) is 0 Å². The average molecular weight is 395 g/mol. The van der Waals surface area contributed by atoms with Gasteiger partial charge < -0.3 is 14.6 Å². The fourth-order valence-electron chi connectivity index (χ4n) is 2.99. The maximum absolute atomic E-state index is 13.0. The Hall–Kier alpha value is -2.55. The maximum atomic E-state index is 13.0. The van der Waals surface area contributed by atoms with Crippen LogP contribution in [0.5, 0.6) is 0 Å². The quantitative estimate of drug-likeness (QED) is 0.791. The minimum Gasteiger partial charge on any atom is -0.497 e. The number of benzene rings is 1. The number of hydrogen-bond donors (Lipinski definition) is 1. The van der Waals surface area contributed by atoms with E-state index in [-0.39, 0.29) is 28.5 Å². The van der Waals surface area contributed by atoms with Gasteiger partial charge in [0.05, 0.1) is 30.3 Å². The molecule has 0 saturated carbocycles. The van der Waals surface area contributed by atoms with Crippen molar-refractivity contribution >= 4 is 29.0 Å². The molecule has 27 heavy (non-hydrogen) atoms. The lowest BCUT2D eigenvalue weighted by Gasteiger charge is -2.28. The van der Waals surface area contributed by atoms with Crippen LogP contribution in [0.25, 0.3) is 10.9 Å². The first-order chi connectivity index (χ1) is 12.9. The first kappa shape index (κ1) is 19.2. The van der Waals surface area contributed by atoms with Gasteiger partial charge in [-0.3, -0.25) is 14.2 Å². The molecule has 2 heterocycles. The molecule has 0 aliphatic carbocycles. The third-order valence-electron chi connectivity index (χ3n) is 4.44. The van der Waals surface area contributed by atoms with E-state index in [9.17, 15) is 18.4 Å². The van der Waals surface area contributed by atoms with Crippen molar-refractivity contribution in [2.75, 3.05) is 13.1 Å². The molecule has 9 heteroatoms. The van der Waals surface area contributed by atoms with E-state index < -0.39 is 18.9 Å². The van der Waals surface area contributed by atoms with Crippen LogP contribution in [0.2, 0.25) is 0 Å². The molecule has 1 N–H and O–H groups in total. The number of ether oxygens (including phenoxy) is 1. The summed E-state index contributed by atoms with van der Waals surface area (Å²) in [5.74, 6) is -0.546. The number of carbonyl (C=O) groups is 1. The molecule has 1 aliphatic rings. The highest BCUT2D eigenvalue weighted by Gasteiger charge is 2.24. The molecule has 6 nitrogen and oxygen atoms in total. The Balaban J connectivity index is 1.92. The molecule has 144 valence electrons. The van der Waals surface area contributed by atoms with Crippen molar-refractivity contribution in [3.8, 4) is 0 Å². The number of amides is 1. The van der Waals surface area contributed by atoms with Gasteiger partial charge in [0.15, 0.2) is 4.77 Å². The number of alkyl halides is 2. The normalized spacial score (nSPS) is 16.5. The number of rotatable bonds is 5. The van der Waals surface area contributed by atoms with E-state index in [0.717, 1.165) is 11.3 Å². The number of nitrogens with one attached hydrogen (secondary N) is 1. The van der Waals surface area contributed by atoms with Gasteiger partial charge in [-0.2, -0.15) is 0 Å². The summed E-state index contributed by atoms with van der Waals surface area (Å²) in [5.41, 5.74) is 0.302. The number of H-pyrrole nitrogens is 1. The number of nitrogens with zero attached hydrogens (tertiary/aromatic N) is 2. The van der Waals surface area contributed by atoms with Crippen molar-refractivity contribution in [3.63, 3.8) is 0 Å². The van der Waals surface area contributed by atoms with E-state index in [1.54, 1.807) is 7.05 Å². The van der Waals surface area contributed by atoms with Crippen LogP contribution in [0.15, 0.2) is 35.3 Å². The molecule has 0 radical (unpaired) electrons. The Labute approximate surface area is 159 Å². The first-order valence-electron chi connectivity index (χ1n) is 8.48. The molecule has 1 aromatic carbocycles. The standard InChI is InChI=1S/C18H19F2N3O3S/c1-22-17(25)13-6-5-11(8-14(13)21-18(22)27)16(24)23(10-15(19)20)9-12-4-2-3-7-26-12/h3,5-8,12,15H,2,4,9-10H2,1H3,(H,21,27). The predicted octanol–water partition coefficient (Wildman–Crippen LogP) is 3.00. The lowest BCUT2D eigenvalue weighted by atomic mass is 10.1. The number of halogens is 2. The molecular weight excluding hydrogens is 376 g/mol. The van der Waals surface area contributed by atoms with Gasteiger partial charge in [-0.1, -0.05) is 0 Å². The number of fused-ring (bicyclic) bond motifs is 1. The maximum Gasteiger partial charge on any atom is 0.261 e. The molecule has 0 fully saturated rings. The molecule has 2 aromatic rings. The topological polar surface area (TPSA) is 67.3 Å². The minimum absolute atomic E-state index is 0.0676. The van der Waals surface area contributed by atoms with Crippen LogP contribution in [0.1, 0.15) is 23.2 Å². The largest absolute Gasteiger partial charge is 0.497 e. The van der Waals surface area contributed by atoms with E-state index in [4.69, 9.17) is 17.0 Å². The molecule has 1 amide bonds. The zero-order chi connectivity index (χ0) is 19.6. The van der Waals surface area contributed by atoms with Crippen molar-refractivity contribution in [3.05, 3.63) is 51.2 Å². The summed E-state index contributed by atoms with van der Waals surface area (Å²) in [4.78, 5) is 29.0. The van der Waals surface area contributed by atoms with Crippen molar-refractivity contribution in [1.29, 1.82) is 0 Å². The Bertz CT molecular complexity index is 999. The third kappa shape index (κ3) is 4.24. The number of aromatic nitrogens is 2. The second-order valence-electron chi connectivity index (χ2n) is 6.36. The van der Waals surface area contributed by atoms with Crippen molar-refractivity contribution in [2.45, 2.75) is 25.4 Å². The minimum atomic E-state index is -2.66. The Kier molecular flexibility index (Phi) is 5.69. The van der Waals surface area contributed by atoms with Crippen LogP contribution < -0.4 is 5.56 Å². The van der Waals surface area contributed by atoms with E-state index in [1.807, 2.05) is 6.08 Å². The Morgan fingerprint density at radius 1 is 1.48 bits per heavy atom. The molecule has 0 saturated heterocycles. The van der Waals surface area contributed by atoms with Crippen LogP contribution >= 0.6 is 12.2 Å². The summed E-state index contributed by atoms with van der Waals surface area (Å²) in [5, 5.41) is 0.365. The van der Waals surface area contributed by atoms with Gasteiger partial charge in [-0.05, 0) is 49.3 Å². The number of aromatic amines is 1. The summed E-state index contributed by atoms with van der Waals surface area (Å²) < 4.78 is 32.9. The summed E-state index contributed by atoms with van der Waals surface area (Å²) in [7, 11) is 1.54. The second-order valence-corrected chi connectivity index (χ2v) is 6.75. The van der Waals surface area contributed by atoms with E-state index in [1.165, 1.54) is 29.0 Å². The smallest absolute Gasteiger partial charge is 0.261 e. The average Bonchev–Trinajstić information content (AvgIpc) is 2.65. The number of hydrogen-bond acceptors (Lipinski definition) is 4. The fraction of sp³-hybridized carbons (Fsp3) is 0.389. The summed E-state index contributed by atoms with van der Waals surface area (Å²) >= 11 is 5.08. The fourth-order valence-corrected chi connectivity index (χ4v) is 3.19. The van der Waals surface area contributed by atoms with Crippen LogP contribution in [0.3, 0.4) is 0 Å². The number of carbonyl (C=O) groups excluding carboxylic acids is 1. The molecule has 1 unspecified atom stereocenters. The second kappa shape index (κ2) is 7.99. The zero-order valence-electron chi connectivity index (χ0n) is 14.7. The van der Waals surface area contributed by atoms with E-state index in [0.29, 0.717) is 17.3 Å². The van der Waals surface area contributed by atoms with Gasteiger partial charge in [0.25, 0.3) is 17.9 Å². The Morgan fingerprint density at radius 2 is 2.26 bits per heavy atom. The SMILES string of the molecule is Cn1c(=S)[nH]c2cc(C(=O)N(CC(F)F)CC3CCC=CO3)ccc2c1=O. The summed E-state index contributed by atoms with van der Waals surface area (Å²) in [6, 6.07) is 4.43.